The summed E-state index contributed by atoms with van der Waals surface area (Å²) >= 11 is 0. The summed E-state index contributed by atoms with van der Waals surface area (Å²) in [4.78, 5) is 38.3. The molecule has 6 heteroatoms. The minimum Gasteiger partial charge on any atom is -0.322 e. The number of amides is 3. The maximum atomic E-state index is 13.0. The van der Waals surface area contributed by atoms with E-state index in [2.05, 4.69) is 22.5 Å². The Balaban J connectivity index is 0.945. The van der Waals surface area contributed by atoms with Crippen molar-refractivity contribution in [3.8, 4) is 11.8 Å². The van der Waals surface area contributed by atoms with Crippen molar-refractivity contribution in [2.75, 3.05) is 13.1 Å². The van der Waals surface area contributed by atoms with Gasteiger partial charge in [-0.05, 0) is 93.5 Å². The minimum absolute atomic E-state index is 0.145. The highest BCUT2D eigenvalue weighted by Gasteiger charge is 2.39. The van der Waals surface area contributed by atoms with Crippen LogP contribution >= 0.6 is 0 Å². The number of rotatable bonds is 11. The van der Waals surface area contributed by atoms with Gasteiger partial charge in [0.15, 0.2) is 0 Å². The molecule has 2 aliphatic carbocycles. The summed E-state index contributed by atoms with van der Waals surface area (Å²) in [5, 5.41) is 6.05. The topological polar surface area (TPSA) is 78.5 Å². The molecule has 0 aromatic heterocycles. The van der Waals surface area contributed by atoms with Gasteiger partial charge in [0.1, 0.15) is 6.04 Å². The van der Waals surface area contributed by atoms with Gasteiger partial charge in [0.2, 0.25) is 11.8 Å². The van der Waals surface area contributed by atoms with Crippen LogP contribution in [0.2, 0.25) is 0 Å². The van der Waals surface area contributed by atoms with E-state index in [-0.39, 0.29) is 24.1 Å². The molecule has 3 fully saturated rings. The zero-order valence-corrected chi connectivity index (χ0v) is 23.4. The summed E-state index contributed by atoms with van der Waals surface area (Å²) in [6.07, 6.45) is 17.9. The van der Waals surface area contributed by atoms with Crippen molar-refractivity contribution in [3.05, 3.63) is 34.9 Å². The lowest BCUT2D eigenvalue weighted by Crippen LogP contribution is -2.52. The third-order valence-corrected chi connectivity index (χ3v) is 9.41. The van der Waals surface area contributed by atoms with Crippen LogP contribution in [-0.2, 0) is 16.1 Å². The summed E-state index contributed by atoms with van der Waals surface area (Å²) in [7, 11) is 0. The van der Waals surface area contributed by atoms with Crippen molar-refractivity contribution >= 4 is 17.7 Å². The lowest BCUT2D eigenvalue weighted by Gasteiger charge is -2.39. The first-order valence-corrected chi connectivity index (χ1v) is 15.5. The zero-order valence-electron chi connectivity index (χ0n) is 23.4. The largest absolute Gasteiger partial charge is 0.322 e. The summed E-state index contributed by atoms with van der Waals surface area (Å²) in [6, 6.07) is 5.04. The van der Waals surface area contributed by atoms with E-state index in [0.29, 0.717) is 18.5 Å². The molecule has 3 amide bonds. The normalized spacial score (nSPS) is 26.2. The first-order valence-electron chi connectivity index (χ1n) is 15.5. The molecule has 3 atom stereocenters. The van der Waals surface area contributed by atoms with E-state index in [4.69, 9.17) is 0 Å². The molecule has 6 nitrogen and oxygen atoms in total. The van der Waals surface area contributed by atoms with Gasteiger partial charge in [-0.1, -0.05) is 56.4 Å². The third kappa shape index (κ3) is 7.31. The fourth-order valence-electron chi connectivity index (χ4n) is 7.39. The highest BCUT2D eigenvalue weighted by atomic mass is 16.2. The van der Waals surface area contributed by atoms with Crippen molar-refractivity contribution in [2.24, 2.45) is 17.8 Å². The van der Waals surface area contributed by atoms with Gasteiger partial charge < -0.3 is 10.2 Å². The first-order chi connectivity index (χ1) is 19.1. The Morgan fingerprint density at radius 1 is 0.923 bits per heavy atom. The van der Waals surface area contributed by atoms with Crippen LogP contribution < -0.4 is 10.6 Å². The maximum absolute atomic E-state index is 13.0. The van der Waals surface area contributed by atoms with E-state index in [1.807, 2.05) is 18.2 Å². The number of fused-ring (bicyclic) bond motifs is 3. The van der Waals surface area contributed by atoms with E-state index in [9.17, 15) is 14.4 Å². The zero-order chi connectivity index (χ0) is 27.0. The SMILES string of the molecule is O=C1CCC(N2Cc3c(C#CCCCCCCCNCCC4CC5CCCC(C5)C4)cccc3C2=O)C(=O)N1. The predicted octanol–water partition coefficient (Wildman–Crippen LogP) is 5.34. The van der Waals surface area contributed by atoms with Gasteiger partial charge in [-0.2, -0.15) is 0 Å². The van der Waals surface area contributed by atoms with Gasteiger partial charge in [0.05, 0.1) is 0 Å². The Hall–Kier alpha value is -2.65. The molecule has 2 heterocycles. The summed E-state index contributed by atoms with van der Waals surface area (Å²) in [5.41, 5.74) is 2.40. The standard InChI is InChI=1S/C33H45N3O3/c37-31-16-15-30(32(38)35-31)36-23-29-27(13-9-14-28(29)33(36)39)12-6-4-2-1-3-5-7-18-34-19-17-26-21-24-10-8-11-25(20-24)22-26/h9,13-14,24-26,30,34H,1-5,7-8,10-11,15-23H2,(H,35,37,38). The molecule has 210 valence electrons. The fraction of sp³-hybridized carbons (Fsp3) is 0.667. The van der Waals surface area contributed by atoms with Crippen molar-refractivity contribution in [1.29, 1.82) is 0 Å². The van der Waals surface area contributed by atoms with Crippen LogP contribution in [0.3, 0.4) is 0 Å². The van der Waals surface area contributed by atoms with Crippen molar-refractivity contribution in [1.82, 2.24) is 15.5 Å². The number of nitrogens with one attached hydrogen (secondary N) is 2. The van der Waals surface area contributed by atoms with Crippen molar-refractivity contribution in [2.45, 2.75) is 109 Å². The second-order valence-corrected chi connectivity index (χ2v) is 12.3. The van der Waals surface area contributed by atoms with Crippen LogP contribution in [0.4, 0.5) is 0 Å². The number of piperidine rings is 1. The Bertz CT molecular complexity index is 1090. The second-order valence-electron chi connectivity index (χ2n) is 12.3. The molecule has 3 unspecified atom stereocenters. The highest BCUT2D eigenvalue weighted by Crippen LogP contribution is 2.43. The Morgan fingerprint density at radius 3 is 2.54 bits per heavy atom. The summed E-state index contributed by atoms with van der Waals surface area (Å²) in [6.45, 7) is 2.72. The van der Waals surface area contributed by atoms with Crippen LogP contribution in [0, 0.1) is 29.6 Å². The van der Waals surface area contributed by atoms with Gasteiger partial charge in [-0.3, -0.25) is 19.7 Å². The van der Waals surface area contributed by atoms with Gasteiger partial charge >= 0.3 is 0 Å². The molecule has 0 radical (unpaired) electrons. The number of unbranched alkanes of at least 4 members (excludes halogenated alkanes) is 5. The predicted molar refractivity (Wildman–Crippen MR) is 153 cm³/mol. The monoisotopic (exact) mass is 531 g/mol. The minimum atomic E-state index is -0.588. The van der Waals surface area contributed by atoms with Crippen molar-refractivity contribution < 1.29 is 14.4 Å². The molecular formula is C33H45N3O3. The smallest absolute Gasteiger partial charge is 0.255 e. The molecule has 0 spiro atoms. The molecular weight excluding hydrogens is 486 g/mol. The molecule has 2 N–H and O–H groups in total. The molecule has 1 aromatic carbocycles. The molecule has 1 saturated heterocycles. The van der Waals surface area contributed by atoms with Crippen LogP contribution in [0.25, 0.3) is 0 Å². The number of nitrogens with zero attached hydrogens (tertiary/aromatic N) is 1. The number of hydrogen-bond donors (Lipinski definition) is 2. The molecule has 5 rings (SSSR count). The Kier molecular flexibility index (Phi) is 9.74. The molecule has 4 aliphatic rings. The van der Waals surface area contributed by atoms with E-state index in [1.165, 1.54) is 77.2 Å². The van der Waals surface area contributed by atoms with E-state index < -0.39 is 6.04 Å². The number of imide groups is 1. The fourth-order valence-corrected chi connectivity index (χ4v) is 7.39. The van der Waals surface area contributed by atoms with Crippen molar-refractivity contribution in [3.63, 3.8) is 0 Å². The molecule has 2 saturated carbocycles. The van der Waals surface area contributed by atoms with Crippen LogP contribution in [0.1, 0.15) is 118 Å². The average Bonchev–Trinajstić information content (AvgIpc) is 3.26. The Labute approximate surface area is 234 Å². The molecule has 2 bridgehead atoms. The molecule has 39 heavy (non-hydrogen) atoms. The van der Waals surface area contributed by atoms with Crippen LogP contribution in [0.15, 0.2) is 18.2 Å². The summed E-state index contributed by atoms with van der Waals surface area (Å²) < 4.78 is 0. The molecule has 1 aromatic rings. The van der Waals surface area contributed by atoms with Gasteiger partial charge in [-0.25, -0.2) is 0 Å². The second kappa shape index (κ2) is 13.6. The van der Waals surface area contributed by atoms with E-state index in [1.54, 1.807) is 4.90 Å². The number of carbonyl (C=O) groups excluding carboxylic acids is 3. The first kappa shape index (κ1) is 27.9. The van der Waals surface area contributed by atoms with Gasteiger partial charge in [0, 0.05) is 30.5 Å². The van der Waals surface area contributed by atoms with Crippen LogP contribution in [-0.4, -0.2) is 41.8 Å². The Morgan fingerprint density at radius 2 is 1.72 bits per heavy atom. The number of benzene rings is 1. The van der Waals surface area contributed by atoms with E-state index >= 15 is 0 Å². The molecule has 2 aliphatic heterocycles. The number of carbonyl (C=O) groups is 3. The third-order valence-electron chi connectivity index (χ3n) is 9.41. The lowest BCUT2D eigenvalue weighted by molar-refractivity contribution is -0.136. The van der Waals surface area contributed by atoms with Gasteiger partial charge in [0.25, 0.3) is 5.91 Å². The van der Waals surface area contributed by atoms with E-state index in [0.717, 1.165) is 48.3 Å². The quantitative estimate of drug-likeness (QED) is 0.230. The maximum Gasteiger partial charge on any atom is 0.255 e. The average molecular weight is 532 g/mol. The lowest BCUT2D eigenvalue weighted by atomic mass is 9.67. The van der Waals surface area contributed by atoms with Crippen LogP contribution in [0.5, 0.6) is 0 Å². The van der Waals surface area contributed by atoms with Gasteiger partial charge in [-0.15, -0.1) is 0 Å². The summed E-state index contributed by atoms with van der Waals surface area (Å²) in [5.74, 6) is 8.85. The highest BCUT2D eigenvalue weighted by molar-refractivity contribution is 6.05. The number of hydrogen-bond acceptors (Lipinski definition) is 4.